The molecule has 0 aromatic heterocycles. The third kappa shape index (κ3) is 2.88. The summed E-state index contributed by atoms with van der Waals surface area (Å²) in [4.78, 5) is 29.6. The molecule has 4 heteroatoms. The number of nitrogens with zero attached hydrogens (tertiary/aromatic N) is 2. The molecule has 1 fully saturated rings. The predicted octanol–water partition coefficient (Wildman–Crippen LogP) is 2.75. The van der Waals surface area contributed by atoms with Gasteiger partial charge in [0, 0.05) is 13.0 Å². The maximum Gasteiger partial charge on any atom is 0.240 e. The Bertz CT molecular complexity index is 624. The first kappa shape index (κ1) is 17.2. The summed E-state index contributed by atoms with van der Waals surface area (Å²) < 4.78 is 0. The Balaban J connectivity index is 1.75. The molecule has 1 aliphatic heterocycles. The first-order valence-corrected chi connectivity index (χ1v) is 9.28. The molecule has 2 aliphatic rings. The van der Waals surface area contributed by atoms with Gasteiger partial charge in [-0.25, -0.2) is 0 Å². The van der Waals surface area contributed by atoms with Crippen LogP contribution in [-0.4, -0.2) is 47.8 Å². The van der Waals surface area contributed by atoms with Crippen molar-refractivity contribution in [3.63, 3.8) is 0 Å². The molecule has 0 bridgehead atoms. The normalized spacial score (nSPS) is 23.4. The molecule has 1 spiro atoms. The molecule has 1 aromatic carbocycles. The Hall–Kier alpha value is -1.68. The highest BCUT2D eigenvalue weighted by atomic mass is 16.2. The van der Waals surface area contributed by atoms with Crippen molar-refractivity contribution in [3.05, 3.63) is 35.4 Å². The van der Waals surface area contributed by atoms with Gasteiger partial charge in [-0.3, -0.25) is 14.5 Å². The summed E-state index contributed by atoms with van der Waals surface area (Å²) in [6, 6.07) is 8.18. The predicted molar refractivity (Wildman–Crippen MR) is 94.8 cm³/mol. The molecule has 0 radical (unpaired) electrons. The van der Waals surface area contributed by atoms with Gasteiger partial charge in [0.05, 0.1) is 5.41 Å². The molecular weight excluding hydrogens is 300 g/mol. The van der Waals surface area contributed by atoms with Crippen LogP contribution >= 0.6 is 0 Å². The molecule has 2 amide bonds. The molecular formula is C20H28N2O2. The summed E-state index contributed by atoms with van der Waals surface area (Å²) in [5.74, 6) is 0.0513. The number of imide groups is 1. The second-order valence-electron chi connectivity index (χ2n) is 7.00. The molecule has 0 N–H and O–H groups in total. The van der Waals surface area contributed by atoms with E-state index in [4.69, 9.17) is 0 Å². The van der Waals surface area contributed by atoms with Gasteiger partial charge < -0.3 is 4.90 Å². The van der Waals surface area contributed by atoms with Gasteiger partial charge in [-0.15, -0.1) is 0 Å². The van der Waals surface area contributed by atoms with Crippen molar-refractivity contribution in [1.29, 1.82) is 0 Å². The fourth-order valence-corrected chi connectivity index (χ4v) is 4.35. The lowest BCUT2D eigenvalue weighted by Gasteiger charge is -2.33. The van der Waals surface area contributed by atoms with Crippen LogP contribution in [0.15, 0.2) is 24.3 Å². The van der Waals surface area contributed by atoms with Crippen LogP contribution in [0.3, 0.4) is 0 Å². The van der Waals surface area contributed by atoms with Crippen LogP contribution < -0.4 is 0 Å². The van der Waals surface area contributed by atoms with E-state index in [9.17, 15) is 9.59 Å². The second kappa shape index (κ2) is 7.06. The minimum Gasteiger partial charge on any atom is -0.304 e. The van der Waals surface area contributed by atoms with Gasteiger partial charge >= 0.3 is 0 Å². The highest BCUT2D eigenvalue weighted by Gasteiger charge is 2.53. The first-order chi connectivity index (χ1) is 11.6. The van der Waals surface area contributed by atoms with Crippen molar-refractivity contribution < 1.29 is 9.59 Å². The Morgan fingerprint density at radius 3 is 2.67 bits per heavy atom. The average Bonchev–Trinajstić information content (AvgIpc) is 2.84. The molecule has 24 heavy (non-hydrogen) atoms. The summed E-state index contributed by atoms with van der Waals surface area (Å²) in [7, 11) is 0. The fourth-order valence-electron chi connectivity index (χ4n) is 4.35. The van der Waals surface area contributed by atoms with Crippen molar-refractivity contribution in [2.75, 3.05) is 26.2 Å². The zero-order valence-corrected chi connectivity index (χ0v) is 14.9. The van der Waals surface area contributed by atoms with Crippen molar-refractivity contribution >= 4 is 11.8 Å². The molecule has 1 atom stereocenters. The van der Waals surface area contributed by atoms with E-state index in [1.165, 1.54) is 10.5 Å². The number of benzene rings is 1. The van der Waals surface area contributed by atoms with Gasteiger partial charge in [0.15, 0.2) is 0 Å². The highest BCUT2D eigenvalue weighted by molar-refractivity contribution is 6.09. The van der Waals surface area contributed by atoms with Gasteiger partial charge in [-0.2, -0.15) is 0 Å². The molecule has 1 unspecified atom stereocenters. The molecule has 1 saturated heterocycles. The van der Waals surface area contributed by atoms with Crippen LogP contribution in [0, 0.1) is 0 Å². The summed E-state index contributed by atoms with van der Waals surface area (Å²) in [5, 5.41) is 0. The van der Waals surface area contributed by atoms with Crippen molar-refractivity contribution in [2.24, 2.45) is 0 Å². The number of hydrogen-bond donors (Lipinski definition) is 0. The number of hydrogen-bond acceptors (Lipinski definition) is 3. The number of amides is 2. The summed E-state index contributed by atoms with van der Waals surface area (Å²) in [5.41, 5.74) is 1.76. The molecule has 1 heterocycles. The van der Waals surface area contributed by atoms with E-state index in [1.54, 1.807) is 0 Å². The van der Waals surface area contributed by atoms with Crippen molar-refractivity contribution in [2.45, 2.75) is 51.4 Å². The minimum atomic E-state index is -0.582. The van der Waals surface area contributed by atoms with E-state index in [0.29, 0.717) is 13.0 Å². The number of fused-ring (bicyclic) bond motifs is 2. The lowest BCUT2D eigenvalue weighted by atomic mass is 9.69. The Labute approximate surface area is 144 Å². The Morgan fingerprint density at radius 2 is 1.92 bits per heavy atom. The minimum absolute atomic E-state index is 0.0104. The maximum absolute atomic E-state index is 13.2. The maximum atomic E-state index is 13.2. The summed E-state index contributed by atoms with van der Waals surface area (Å²) in [6.07, 6.45) is 4.02. The van der Waals surface area contributed by atoms with E-state index >= 15 is 0 Å². The van der Waals surface area contributed by atoms with Crippen LogP contribution in [0.4, 0.5) is 0 Å². The number of carbonyl (C=O) groups is 2. The van der Waals surface area contributed by atoms with Gasteiger partial charge in [0.2, 0.25) is 11.8 Å². The lowest BCUT2D eigenvalue weighted by Crippen LogP contribution is -2.41. The number of rotatable bonds is 6. The van der Waals surface area contributed by atoms with Gasteiger partial charge in [0.1, 0.15) is 0 Å². The Kier molecular flexibility index (Phi) is 5.04. The number of aryl methyl sites for hydroxylation is 1. The highest BCUT2D eigenvalue weighted by Crippen LogP contribution is 2.45. The van der Waals surface area contributed by atoms with Crippen molar-refractivity contribution in [1.82, 2.24) is 9.80 Å². The zero-order valence-electron chi connectivity index (χ0n) is 14.9. The quantitative estimate of drug-likeness (QED) is 0.754. The van der Waals surface area contributed by atoms with E-state index in [0.717, 1.165) is 50.9 Å². The molecule has 1 aliphatic carbocycles. The van der Waals surface area contributed by atoms with Gasteiger partial charge in [-0.1, -0.05) is 38.1 Å². The van der Waals surface area contributed by atoms with E-state index in [2.05, 4.69) is 30.9 Å². The smallest absolute Gasteiger partial charge is 0.240 e. The summed E-state index contributed by atoms with van der Waals surface area (Å²) in [6.45, 7) is 7.80. The van der Waals surface area contributed by atoms with E-state index in [-0.39, 0.29) is 11.8 Å². The van der Waals surface area contributed by atoms with Crippen molar-refractivity contribution in [3.8, 4) is 0 Å². The Morgan fingerprint density at radius 1 is 1.17 bits per heavy atom. The third-order valence-corrected chi connectivity index (χ3v) is 5.74. The first-order valence-electron chi connectivity index (χ1n) is 9.28. The number of carbonyl (C=O) groups excluding carboxylic acids is 2. The number of likely N-dealkylation sites (tertiary alicyclic amines) is 1. The zero-order chi connectivity index (χ0) is 17.2. The van der Waals surface area contributed by atoms with Gasteiger partial charge in [0.25, 0.3) is 0 Å². The van der Waals surface area contributed by atoms with E-state index in [1.807, 2.05) is 12.1 Å². The largest absolute Gasteiger partial charge is 0.304 e. The van der Waals surface area contributed by atoms with Crippen LogP contribution in [-0.2, 0) is 21.4 Å². The van der Waals surface area contributed by atoms with Crippen LogP contribution in [0.5, 0.6) is 0 Å². The topological polar surface area (TPSA) is 40.6 Å². The fraction of sp³-hybridized carbons (Fsp3) is 0.600. The van der Waals surface area contributed by atoms with Crippen LogP contribution in [0.25, 0.3) is 0 Å². The van der Waals surface area contributed by atoms with Gasteiger partial charge in [-0.05, 0) is 56.4 Å². The third-order valence-electron chi connectivity index (χ3n) is 5.74. The molecule has 0 saturated carbocycles. The molecule has 1 aromatic rings. The standard InChI is InChI=1S/C20H28N2O2/c1-3-21(4-2)13-8-14-22-18(23)15-20(19(22)24)12-7-10-16-9-5-6-11-17(16)20/h5-6,9,11H,3-4,7-8,10,12-15H2,1-2H3. The van der Waals surface area contributed by atoms with Crippen LogP contribution in [0.2, 0.25) is 0 Å². The second-order valence-corrected chi connectivity index (χ2v) is 7.00. The molecule has 4 nitrogen and oxygen atoms in total. The monoisotopic (exact) mass is 328 g/mol. The molecule has 130 valence electrons. The van der Waals surface area contributed by atoms with E-state index < -0.39 is 5.41 Å². The lowest BCUT2D eigenvalue weighted by molar-refractivity contribution is -0.140. The average molecular weight is 328 g/mol. The SMILES string of the molecule is CCN(CC)CCCN1C(=O)CC2(CCCc3ccccc32)C1=O. The van der Waals surface area contributed by atoms with Crippen LogP contribution in [0.1, 0.15) is 50.7 Å². The summed E-state index contributed by atoms with van der Waals surface area (Å²) >= 11 is 0. The molecule has 3 rings (SSSR count).